The van der Waals surface area contributed by atoms with Gasteiger partial charge in [-0.2, -0.15) is 0 Å². The third-order valence-electron chi connectivity index (χ3n) is 5.49. The average molecular weight is 501 g/mol. The van der Waals surface area contributed by atoms with Crippen LogP contribution in [0.15, 0.2) is 77.0 Å². The first-order chi connectivity index (χ1) is 16.6. The lowest BCUT2D eigenvalue weighted by Gasteiger charge is -2.19. The number of rotatable bonds is 7. The van der Waals surface area contributed by atoms with E-state index in [-0.39, 0.29) is 29.9 Å². The number of allylic oxidation sites excluding steroid dienone is 2. The molecule has 1 aromatic carbocycles. The number of hydrogen-bond acceptors (Lipinski definition) is 5. The van der Waals surface area contributed by atoms with Crippen molar-refractivity contribution in [1.82, 2.24) is 9.88 Å². The third kappa shape index (κ3) is 5.77. The molecular weight excluding hydrogens is 478 g/mol. The zero-order chi connectivity index (χ0) is 25.2. The molecule has 0 fully saturated rings. The van der Waals surface area contributed by atoms with E-state index in [9.17, 15) is 18.4 Å². The standard InChI is InChI=1S/C26H23ClF2N2O4/c1-16-7-6-10-19-20(22(16)25(33)35-18-8-4-3-5-9-18)14-31(24(19)32)13-17-11-21(27)23(30-12-17)34-15-26(2,28)29/h3-6,8-12H,7,13-15H2,1-2H3. The van der Waals surface area contributed by atoms with Crippen LogP contribution < -0.4 is 9.47 Å². The van der Waals surface area contributed by atoms with Crippen LogP contribution in [0.2, 0.25) is 5.02 Å². The third-order valence-corrected chi connectivity index (χ3v) is 5.76. The molecule has 0 spiro atoms. The molecular formula is C26H23ClF2N2O4. The Labute approximate surface area is 206 Å². The molecule has 2 aromatic rings. The molecule has 4 rings (SSSR count). The minimum Gasteiger partial charge on any atom is -0.470 e. The van der Waals surface area contributed by atoms with Crippen molar-refractivity contribution in [3.63, 3.8) is 0 Å². The number of aromatic nitrogens is 1. The minimum atomic E-state index is -3.02. The van der Waals surface area contributed by atoms with E-state index in [4.69, 9.17) is 21.1 Å². The second-order valence-electron chi connectivity index (χ2n) is 8.51. The van der Waals surface area contributed by atoms with E-state index in [0.717, 1.165) is 12.5 Å². The van der Waals surface area contributed by atoms with Gasteiger partial charge in [0.25, 0.3) is 11.8 Å². The van der Waals surface area contributed by atoms with Crippen LogP contribution >= 0.6 is 11.6 Å². The highest BCUT2D eigenvalue weighted by Crippen LogP contribution is 2.34. The second kappa shape index (κ2) is 10.00. The number of carbonyl (C=O) groups excluding carboxylic acids is 2. The molecule has 0 radical (unpaired) electrons. The van der Waals surface area contributed by atoms with Crippen molar-refractivity contribution in [3.05, 3.63) is 87.6 Å². The fourth-order valence-corrected chi connectivity index (χ4v) is 4.13. The molecule has 0 atom stereocenters. The van der Waals surface area contributed by atoms with Gasteiger partial charge in [0.05, 0.1) is 5.57 Å². The Morgan fingerprint density at radius 1 is 1.26 bits per heavy atom. The predicted octanol–water partition coefficient (Wildman–Crippen LogP) is 5.29. The van der Waals surface area contributed by atoms with Crippen molar-refractivity contribution >= 4 is 23.5 Å². The van der Waals surface area contributed by atoms with Gasteiger partial charge in [-0.1, -0.05) is 47.5 Å². The number of para-hydroxylation sites is 1. The molecule has 0 N–H and O–H groups in total. The molecule has 2 aliphatic rings. The first-order valence-electron chi connectivity index (χ1n) is 10.9. The van der Waals surface area contributed by atoms with E-state index in [0.29, 0.717) is 34.5 Å². The summed E-state index contributed by atoms with van der Waals surface area (Å²) in [6, 6.07) is 10.3. The Bertz CT molecular complexity index is 1250. The van der Waals surface area contributed by atoms with Gasteiger partial charge in [-0.25, -0.2) is 18.6 Å². The summed E-state index contributed by atoms with van der Waals surface area (Å²) < 4.78 is 36.7. The van der Waals surface area contributed by atoms with Crippen molar-refractivity contribution in [1.29, 1.82) is 0 Å². The Morgan fingerprint density at radius 2 is 2.00 bits per heavy atom. The Hall–Kier alpha value is -3.52. The number of pyridine rings is 1. The predicted molar refractivity (Wildman–Crippen MR) is 126 cm³/mol. The fraction of sp³-hybridized carbons (Fsp3) is 0.269. The number of benzene rings is 1. The van der Waals surface area contributed by atoms with Crippen LogP contribution in [0.25, 0.3) is 0 Å². The molecule has 1 aliphatic carbocycles. The van der Waals surface area contributed by atoms with Gasteiger partial charge < -0.3 is 14.4 Å². The van der Waals surface area contributed by atoms with Crippen molar-refractivity contribution in [2.75, 3.05) is 13.2 Å². The molecule has 6 nitrogen and oxygen atoms in total. The number of alkyl halides is 2. The van der Waals surface area contributed by atoms with Gasteiger partial charge in [0.1, 0.15) is 10.8 Å². The second-order valence-corrected chi connectivity index (χ2v) is 8.91. The van der Waals surface area contributed by atoms with Gasteiger partial charge >= 0.3 is 5.97 Å². The monoisotopic (exact) mass is 500 g/mol. The number of hydrogen-bond donors (Lipinski definition) is 0. The summed E-state index contributed by atoms with van der Waals surface area (Å²) in [6.07, 6.45) is 5.53. The molecule has 9 heteroatoms. The molecule has 0 bridgehead atoms. The van der Waals surface area contributed by atoms with Gasteiger partial charge in [-0.15, -0.1) is 0 Å². The summed E-state index contributed by atoms with van der Waals surface area (Å²) in [4.78, 5) is 31.9. The van der Waals surface area contributed by atoms with Crippen LogP contribution in [0.1, 0.15) is 25.8 Å². The van der Waals surface area contributed by atoms with E-state index in [1.54, 1.807) is 35.2 Å². The van der Waals surface area contributed by atoms with Crippen LogP contribution in [-0.2, 0) is 16.1 Å². The molecule has 0 saturated heterocycles. The normalized spacial score (nSPS) is 15.9. The van der Waals surface area contributed by atoms with Crippen LogP contribution in [0.3, 0.4) is 0 Å². The molecule has 182 valence electrons. The molecule has 35 heavy (non-hydrogen) atoms. The zero-order valence-corrected chi connectivity index (χ0v) is 19.9. The summed E-state index contributed by atoms with van der Waals surface area (Å²) in [5.41, 5.74) is 2.83. The summed E-state index contributed by atoms with van der Waals surface area (Å²) in [5.74, 6) is -3.46. The maximum Gasteiger partial charge on any atom is 0.343 e. The molecule has 0 saturated carbocycles. The first-order valence-corrected chi connectivity index (χ1v) is 11.3. The van der Waals surface area contributed by atoms with Gasteiger partial charge in [-0.05, 0) is 42.7 Å². The average Bonchev–Trinajstić information content (AvgIpc) is 2.97. The van der Waals surface area contributed by atoms with Gasteiger partial charge in [0.15, 0.2) is 6.61 Å². The van der Waals surface area contributed by atoms with Crippen molar-refractivity contribution < 1.29 is 27.8 Å². The molecule has 0 unspecified atom stereocenters. The summed E-state index contributed by atoms with van der Waals surface area (Å²) in [7, 11) is 0. The molecule has 2 heterocycles. The van der Waals surface area contributed by atoms with Crippen molar-refractivity contribution in [3.8, 4) is 11.6 Å². The topological polar surface area (TPSA) is 68.7 Å². The smallest absolute Gasteiger partial charge is 0.343 e. The Morgan fingerprint density at radius 3 is 2.69 bits per heavy atom. The molecule has 1 aromatic heterocycles. The van der Waals surface area contributed by atoms with Crippen LogP contribution in [0.5, 0.6) is 11.6 Å². The van der Waals surface area contributed by atoms with E-state index in [2.05, 4.69) is 4.98 Å². The number of ether oxygens (including phenoxy) is 2. The summed E-state index contributed by atoms with van der Waals surface area (Å²) in [5, 5.41) is 0.0654. The van der Waals surface area contributed by atoms with E-state index >= 15 is 0 Å². The molecule has 1 aliphatic heterocycles. The largest absolute Gasteiger partial charge is 0.470 e. The van der Waals surface area contributed by atoms with E-state index < -0.39 is 18.5 Å². The Kier molecular flexibility index (Phi) is 7.03. The van der Waals surface area contributed by atoms with Crippen molar-refractivity contribution in [2.45, 2.75) is 32.7 Å². The quantitative estimate of drug-likeness (QED) is 0.382. The zero-order valence-electron chi connectivity index (χ0n) is 19.2. The lowest BCUT2D eigenvalue weighted by molar-refractivity contribution is -0.130. The van der Waals surface area contributed by atoms with E-state index in [1.807, 2.05) is 19.1 Å². The fourth-order valence-electron chi connectivity index (χ4n) is 3.89. The first kappa shape index (κ1) is 24.6. The van der Waals surface area contributed by atoms with Crippen LogP contribution in [0, 0.1) is 0 Å². The molecule has 1 amide bonds. The van der Waals surface area contributed by atoms with Gasteiger partial charge in [0.2, 0.25) is 5.88 Å². The summed E-state index contributed by atoms with van der Waals surface area (Å²) >= 11 is 6.16. The lowest BCUT2D eigenvalue weighted by atomic mass is 9.98. The Balaban J connectivity index is 1.52. The number of nitrogens with zero attached hydrogens (tertiary/aromatic N) is 2. The highest BCUT2D eigenvalue weighted by atomic mass is 35.5. The van der Waals surface area contributed by atoms with Gasteiger partial charge in [-0.3, -0.25) is 4.79 Å². The lowest BCUT2D eigenvalue weighted by Crippen LogP contribution is -2.27. The highest BCUT2D eigenvalue weighted by Gasteiger charge is 2.35. The van der Waals surface area contributed by atoms with E-state index in [1.165, 1.54) is 12.3 Å². The van der Waals surface area contributed by atoms with Crippen LogP contribution in [-0.4, -0.2) is 40.8 Å². The van der Waals surface area contributed by atoms with Gasteiger partial charge in [0, 0.05) is 31.8 Å². The minimum absolute atomic E-state index is 0.0654. The summed E-state index contributed by atoms with van der Waals surface area (Å²) in [6.45, 7) is 2.10. The SMILES string of the molecule is CC1=C(C(=O)Oc2ccccc2)C2=C(C=CC1)C(=O)N(Cc1cnc(OCC(C)(F)F)c(Cl)c1)C2. The van der Waals surface area contributed by atoms with Crippen LogP contribution in [0.4, 0.5) is 8.78 Å². The number of carbonyl (C=O) groups is 2. The number of esters is 1. The van der Waals surface area contributed by atoms with Crippen molar-refractivity contribution in [2.24, 2.45) is 0 Å². The maximum atomic E-state index is 13.2. The highest BCUT2D eigenvalue weighted by molar-refractivity contribution is 6.31. The number of amides is 1. The maximum absolute atomic E-state index is 13.2. The number of halogens is 3.